The van der Waals surface area contributed by atoms with Gasteiger partial charge in [0.2, 0.25) is 5.89 Å². The summed E-state index contributed by atoms with van der Waals surface area (Å²) < 4.78 is 6.42. The summed E-state index contributed by atoms with van der Waals surface area (Å²) in [5, 5.41) is 4.06. The molecule has 0 amide bonds. The first kappa shape index (κ1) is 12.8. The minimum atomic E-state index is -0.404. The van der Waals surface area contributed by atoms with E-state index in [0.29, 0.717) is 18.1 Å². The first-order chi connectivity index (χ1) is 9.17. The smallest absolute Gasteiger partial charge is 0.246 e. The second-order valence-electron chi connectivity index (χ2n) is 5.15. The van der Waals surface area contributed by atoms with E-state index in [2.05, 4.69) is 26.1 Å². The molecule has 2 N–H and O–H groups in total. The molecule has 1 aliphatic carbocycles. The summed E-state index contributed by atoms with van der Waals surface area (Å²) in [7, 11) is 0. The predicted molar refractivity (Wildman–Crippen MR) is 75.6 cm³/mol. The molecule has 4 nitrogen and oxygen atoms in total. The Hall–Kier alpha value is -1.20. The molecule has 19 heavy (non-hydrogen) atoms. The monoisotopic (exact) mass is 321 g/mol. The van der Waals surface area contributed by atoms with E-state index < -0.39 is 5.54 Å². The van der Waals surface area contributed by atoms with Crippen LogP contribution < -0.4 is 5.73 Å². The van der Waals surface area contributed by atoms with Crippen molar-refractivity contribution in [1.29, 1.82) is 0 Å². The molecule has 0 saturated heterocycles. The molecule has 5 heteroatoms. The highest BCUT2D eigenvalue weighted by atomic mass is 79.9. The number of nitrogens with zero attached hydrogens (tertiary/aromatic N) is 2. The first-order valence-electron chi connectivity index (χ1n) is 6.53. The summed E-state index contributed by atoms with van der Waals surface area (Å²) in [6.07, 6.45) is 4.80. The van der Waals surface area contributed by atoms with Crippen molar-refractivity contribution in [3.05, 3.63) is 46.0 Å². The second kappa shape index (κ2) is 5.06. The molecule has 100 valence electrons. The fraction of sp³-hybridized carbons (Fsp3) is 0.429. The van der Waals surface area contributed by atoms with Gasteiger partial charge in [0, 0.05) is 10.9 Å². The van der Waals surface area contributed by atoms with E-state index in [1.807, 2.05) is 24.3 Å². The first-order valence-corrected chi connectivity index (χ1v) is 7.32. The van der Waals surface area contributed by atoms with Crippen LogP contribution in [0.25, 0.3) is 0 Å². The van der Waals surface area contributed by atoms with E-state index in [0.717, 1.165) is 35.7 Å². The molecular weight excluding hydrogens is 306 g/mol. The van der Waals surface area contributed by atoms with Crippen molar-refractivity contribution >= 4 is 15.9 Å². The Bertz CT molecular complexity index is 576. The van der Waals surface area contributed by atoms with Gasteiger partial charge in [0.25, 0.3) is 0 Å². The molecule has 1 fully saturated rings. The minimum Gasteiger partial charge on any atom is -0.337 e. The third-order valence-corrected chi connectivity index (χ3v) is 4.47. The van der Waals surface area contributed by atoms with Gasteiger partial charge in [-0.25, -0.2) is 0 Å². The van der Waals surface area contributed by atoms with Gasteiger partial charge in [-0.3, -0.25) is 0 Å². The molecule has 0 radical (unpaired) electrons. The van der Waals surface area contributed by atoms with Gasteiger partial charge in [0.1, 0.15) is 0 Å². The van der Waals surface area contributed by atoms with Gasteiger partial charge in [0.05, 0.1) is 5.54 Å². The molecule has 1 aliphatic rings. The van der Waals surface area contributed by atoms with E-state index in [4.69, 9.17) is 10.3 Å². The third kappa shape index (κ3) is 2.58. The summed E-state index contributed by atoms with van der Waals surface area (Å²) in [5.41, 5.74) is 7.05. The van der Waals surface area contributed by atoms with Crippen LogP contribution in [0.3, 0.4) is 0 Å². The van der Waals surface area contributed by atoms with Crippen molar-refractivity contribution in [2.24, 2.45) is 5.73 Å². The number of aromatic nitrogens is 2. The summed E-state index contributed by atoms with van der Waals surface area (Å²) in [4.78, 5) is 4.48. The van der Waals surface area contributed by atoms with E-state index in [9.17, 15) is 0 Å². The van der Waals surface area contributed by atoms with Crippen molar-refractivity contribution < 1.29 is 4.52 Å². The number of hydrogen-bond donors (Lipinski definition) is 1. The highest BCUT2D eigenvalue weighted by molar-refractivity contribution is 9.10. The molecule has 1 heterocycles. The average Bonchev–Trinajstić information content (AvgIpc) is 3.02. The van der Waals surface area contributed by atoms with Crippen LogP contribution in [0.4, 0.5) is 0 Å². The zero-order valence-electron chi connectivity index (χ0n) is 10.6. The topological polar surface area (TPSA) is 64.9 Å². The summed E-state index contributed by atoms with van der Waals surface area (Å²) in [6.45, 7) is 0. The van der Waals surface area contributed by atoms with Gasteiger partial charge in [-0.15, -0.1) is 0 Å². The van der Waals surface area contributed by atoms with Crippen molar-refractivity contribution in [2.45, 2.75) is 37.6 Å². The van der Waals surface area contributed by atoms with Crippen molar-refractivity contribution in [2.75, 3.05) is 0 Å². The zero-order chi connectivity index (χ0) is 13.3. The zero-order valence-corrected chi connectivity index (χ0v) is 12.2. The van der Waals surface area contributed by atoms with Crippen LogP contribution >= 0.6 is 15.9 Å². The van der Waals surface area contributed by atoms with Crippen LogP contribution in [-0.4, -0.2) is 10.1 Å². The average molecular weight is 322 g/mol. The van der Waals surface area contributed by atoms with E-state index in [-0.39, 0.29) is 0 Å². The normalized spacial score (nSPS) is 17.8. The molecule has 0 atom stereocenters. The summed E-state index contributed by atoms with van der Waals surface area (Å²) >= 11 is 3.53. The molecule has 0 spiro atoms. The van der Waals surface area contributed by atoms with Gasteiger partial charge < -0.3 is 10.3 Å². The molecule has 3 rings (SSSR count). The molecule has 2 aromatic rings. The largest absolute Gasteiger partial charge is 0.337 e. The molecule has 1 saturated carbocycles. The summed E-state index contributed by atoms with van der Waals surface area (Å²) in [5.74, 6) is 1.28. The van der Waals surface area contributed by atoms with Gasteiger partial charge in [-0.2, -0.15) is 4.98 Å². The predicted octanol–water partition coefficient (Wildman–Crippen LogP) is 3.15. The Kier molecular flexibility index (Phi) is 3.41. The number of hydrogen-bond acceptors (Lipinski definition) is 4. The molecule has 0 unspecified atom stereocenters. The standard InChI is InChI=1S/C14H16BrN3O/c15-11-6-2-1-5-10(11)9-12-17-13(19-18-12)14(16)7-3-4-8-14/h1-2,5-6H,3-4,7-9,16H2. The molecule has 1 aromatic carbocycles. The number of benzene rings is 1. The molecule has 1 aromatic heterocycles. The second-order valence-corrected chi connectivity index (χ2v) is 6.00. The molecule has 0 aliphatic heterocycles. The Labute approximate surface area is 120 Å². The van der Waals surface area contributed by atoms with Crippen LogP contribution in [-0.2, 0) is 12.0 Å². The van der Waals surface area contributed by atoms with E-state index >= 15 is 0 Å². The van der Waals surface area contributed by atoms with Crippen molar-refractivity contribution in [1.82, 2.24) is 10.1 Å². The maximum absolute atomic E-state index is 6.31. The van der Waals surface area contributed by atoms with Gasteiger partial charge in [0.15, 0.2) is 5.82 Å². The molecular formula is C14H16BrN3O. The van der Waals surface area contributed by atoms with Crippen molar-refractivity contribution in [3.8, 4) is 0 Å². The lowest BCUT2D eigenvalue weighted by Crippen LogP contribution is -2.33. The van der Waals surface area contributed by atoms with Crippen molar-refractivity contribution in [3.63, 3.8) is 0 Å². The van der Waals surface area contributed by atoms with Gasteiger partial charge in [-0.05, 0) is 24.5 Å². The Morgan fingerprint density at radius 2 is 2.00 bits per heavy atom. The van der Waals surface area contributed by atoms with Crippen LogP contribution in [0, 0.1) is 0 Å². The van der Waals surface area contributed by atoms with E-state index in [1.165, 1.54) is 0 Å². The molecule has 0 bridgehead atoms. The van der Waals surface area contributed by atoms with Gasteiger partial charge >= 0.3 is 0 Å². The minimum absolute atomic E-state index is 0.404. The van der Waals surface area contributed by atoms with Crippen LogP contribution in [0.2, 0.25) is 0 Å². The quantitative estimate of drug-likeness (QED) is 0.943. The fourth-order valence-corrected chi connectivity index (χ4v) is 2.98. The van der Waals surface area contributed by atoms with Gasteiger partial charge in [-0.1, -0.05) is 52.1 Å². The van der Waals surface area contributed by atoms with Crippen LogP contribution in [0.5, 0.6) is 0 Å². The number of rotatable bonds is 3. The lowest BCUT2D eigenvalue weighted by atomic mass is 9.99. The third-order valence-electron chi connectivity index (χ3n) is 3.70. The number of halogens is 1. The van der Waals surface area contributed by atoms with Crippen LogP contribution in [0.1, 0.15) is 43.0 Å². The Morgan fingerprint density at radius 1 is 1.26 bits per heavy atom. The summed E-state index contributed by atoms with van der Waals surface area (Å²) in [6, 6.07) is 8.05. The maximum Gasteiger partial charge on any atom is 0.246 e. The van der Waals surface area contributed by atoms with E-state index in [1.54, 1.807) is 0 Å². The highest BCUT2D eigenvalue weighted by Gasteiger charge is 2.36. The Morgan fingerprint density at radius 3 is 2.74 bits per heavy atom. The Balaban J connectivity index is 1.80. The number of nitrogens with two attached hydrogens (primary N) is 1. The lowest BCUT2D eigenvalue weighted by molar-refractivity contribution is 0.284. The van der Waals surface area contributed by atoms with Crippen LogP contribution in [0.15, 0.2) is 33.3 Å². The SMILES string of the molecule is NC1(c2nc(Cc3ccccc3Br)no2)CCCC1. The highest BCUT2D eigenvalue weighted by Crippen LogP contribution is 2.35. The fourth-order valence-electron chi connectivity index (χ4n) is 2.56. The lowest BCUT2D eigenvalue weighted by Gasteiger charge is -2.17. The maximum atomic E-state index is 6.31.